The van der Waals surface area contributed by atoms with E-state index in [0.717, 1.165) is 11.1 Å². The average Bonchev–Trinajstić information content (AvgIpc) is 2.74. The molecule has 164 valence electrons. The van der Waals surface area contributed by atoms with Crippen LogP contribution in [0.25, 0.3) is 0 Å². The Morgan fingerprint density at radius 1 is 1.16 bits per heavy atom. The van der Waals surface area contributed by atoms with Gasteiger partial charge < -0.3 is 14.7 Å². The largest absolute Gasteiger partial charge is 0.465 e. The molecule has 0 saturated carbocycles. The predicted octanol–water partition coefficient (Wildman–Crippen LogP) is 3.84. The van der Waals surface area contributed by atoms with Crippen molar-refractivity contribution >= 4 is 18.2 Å². The Hall–Kier alpha value is -3.26. The van der Waals surface area contributed by atoms with Gasteiger partial charge in [0, 0.05) is 12.1 Å². The number of benzene rings is 2. The number of halogens is 1. The number of rotatable bonds is 4. The first kappa shape index (κ1) is 22.4. The zero-order valence-corrected chi connectivity index (χ0v) is 17.8. The van der Waals surface area contributed by atoms with Gasteiger partial charge in [0.2, 0.25) is 0 Å². The van der Waals surface area contributed by atoms with Gasteiger partial charge in [-0.05, 0) is 40.8 Å². The van der Waals surface area contributed by atoms with Crippen molar-refractivity contribution in [3.05, 3.63) is 71.0 Å². The SMILES string of the molecule is CC(C)(C)[C@]1(c2ccc(/C=N/NC(=O)c3ccc(F)cc3)cc2)CN(C(=O)O)CCO1. The highest BCUT2D eigenvalue weighted by Gasteiger charge is 2.48. The van der Waals surface area contributed by atoms with E-state index >= 15 is 0 Å². The third kappa shape index (κ3) is 4.91. The lowest BCUT2D eigenvalue weighted by atomic mass is 9.71. The molecule has 1 aliphatic heterocycles. The number of hydrogen-bond donors (Lipinski definition) is 2. The first-order valence-corrected chi connectivity index (χ1v) is 9.94. The van der Waals surface area contributed by atoms with Crippen LogP contribution in [-0.4, -0.2) is 47.9 Å². The van der Waals surface area contributed by atoms with Gasteiger partial charge in [-0.3, -0.25) is 4.79 Å². The maximum atomic E-state index is 13.0. The van der Waals surface area contributed by atoms with Gasteiger partial charge in [-0.1, -0.05) is 45.0 Å². The lowest BCUT2D eigenvalue weighted by Gasteiger charge is -2.50. The molecule has 2 aromatic carbocycles. The molecule has 2 amide bonds. The van der Waals surface area contributed by atoms with E-state index in [4.69, 9.17) is 4.74 Å². The van der Waals surface area contributed by atoms with E-state index in [1.807, 2.05) is 45.0 Å². The Labute approximate surface area is 180 Å². The van der Waals surface area contributed by atoms with Crippen molar-refractivity contribution in [2.45, 2.75) is 26.4 Å². The van der Waals surface area contributed by atoms with Crippen molar-refractivity contribution in [3.8, 4) is 0 Å². The van der Waals surface area contributed by atoms with Gasteiger partial charge in [-0.25, -0.2) is 14.6 Å². The zero-order valence-electron chi connectivity index (χ0n) is 17.8. The van der Waals surface area contributed by atoms with Gasteiger partial charge in [0.25, 0.3) is 5.91 Å². The van der Waals surface area contributed by atoms with E-state index in [1.54, 1.807) is 0 Å². The quantitative estimate of drug-likeness (QED) is 0.573. The van der Waals surface area contributed by atoms with Gasteiger partial charge in [-0.15, -0.1) is 0 Å². The molecule has 3 rings (SSSR count). The lowest BCUT2D eigenvalue weighted by Crippen LogP contribution is -2.57. The van der Waals surface area contributed by atoms with Gasteiger partial charge in [0.05, 0.1) is 19.4 Å². The number of hydrazone groups is 1. The van der Waals surface area contributed by atoms with E-state index in [1.165, 1.54) is 35.4 Å². The fourth-order valence-electron chi connectivity index (χ4n) is 3.62. The molecule has 2 N–H and O–H groups in total. The van der Waals surface area contributed by atoms with Crippen LogP contribution in [0.1, 0.15) is 42.3 Å². The highest BCUT2D eigenvalue weighted by Crippen LogP contribution is 2.45. The Balaban J connectivity index is 1.74. The van der Waals surface area contributed by atoms with E-state index in [-0.39, 0.29) is 12.0 Å². The number of ether oxygens (including phenoxy) is 1. The smallest absolute Gasteiger partial charge is 0.407 e. The van der Waals surface area contributed by atoms with Crippen LogP contribution in [0.4, 0.5) is 9.18 Å². The molecule has 1 aliphatic rings. The molecule has 0 radical (unpaired) electrons. The van der Waals surface area contributed by atoms with Crippen molar-refractivity contribution in [1.82, 2.24) is 10.3 Å². The second-order valence-electron chi connectivity index (χ2n) is 8.46. The van der Waals surface area contributed by atoms with Crippen molar-refractivity contribution in [1.29, 1.82) is 0 Å². The summed E-state index contributed by atoms with van der Waals surface area (Å²) < 4.78 is 19.1. The van der Waals surface area contributed by atoms with Crippen molar-refractivity contribution in [2.75, 3.05) is 19.7 Å². The van der Waals surface area contributed by atoms with Crippen LogP contribution in [0, 0.1) is 11.2 Å². The van der Waals surface area contributed by atoms with Gasteiger partial charge in [0.1, 0.15) is 11.4 Å². The molecule has 1 atom stereocenters. The van der Waals surface area contributed by atoms with Crippen LogP contribution in [0.5, 0.6) is 0 Å². The second kappa shape index (κ2) is 8.85. The molecule has 0 aromatic heterocycles. The first-order chi connectivity index (χ1) is 14.6. The monoisotopic (exact) mass is 427 g/mol. The zero-order chi connectivity index (χ0) is 22.6. The standard InChI is InChI=1S/C23H26FN3O4/c1-22(2,3)23(15-27(21(29)30)12-13-31-23)18-8-4-16(5-9-18)14-25-26-20(28)17-6-10-19(24)11-7-17/h4-11,14H,12-13,15H2,1-3H3,(H,26,28)(H,29,30)/b25-14+/t23-/m1/s1. The van der Waals surface area contributed by atoms with Gasteiger partial charge >= 0.3 is 6.09 Å². The number of nitrogens with one attached hydrogen (secondary N) is 1. The summed E-state index contributed by atoms with van der Waals surface area (Å²) in [5, 5.41) is 13.4. The van der Waals surface area contributed by atoms with Crippen LogP contribution in [0.2, 0.25) is 0 Å². The normalized spacial score (nSPS) is 19.4. The van der Waals surface area contributed by atoms with Crippen molar-refractivity contribution in [3.63, 3.8) is 0 Å². The summed E-state index contributed by atoms with van der Waals surface area (Å²) in [4.78, 5) is 25.0. The minimum Gasteiger partial charge on any atom is -0.465 e. The number of morpholine rings is 1. The molecule has 1 heterocycles. The number of carbonyl (C=O) groups excluding carboxylic acids is 1. The fraction of sp³-hybridized carbons (Fsp3) is 0.348. The van der Waals surface area contributed by atoms with E-state index in [0.29, 0.717) is 18.7 Å². The minimum atomic E-state index is -0.961. The molecular weight excluding hydrogens is 401 g/mol. The van der Waals surface area contributed by atoms with Crippen LogP contribution in [0.3, 0.4) is 0 Å². The van der Waals surface area contributed by atoms with Crippen LogP contribution >= 0.6 is 0 Å². The molecule has 1 saturated heterocycles. The Bertz CT molecular complexity index is 968. The first-order valence-electron chi connectivity index (χ1n) is 9.94. The van der Waals surface area contributed by atoms with Crippen molar-refractivity contribution < 1.29 is 23.8 Å². The van der Waals surface area contributed by atoms with E-state index in [2.05, 4.69) is 10.5 Å². The van der Waals surface area contributed by atoms with Crippen LogP contribution < -0.4 is 5.43 Å². The summed E-state index contributed by atoms with van der Waals surface area (Å²) >= 11 is 0. The second-order valence-corrected chi connectivity index (χ2v) is 8.46. The molecule has 2 aromatic rings. The third-order valence-electron chi connectivity index (χ3n) is 5.47. The highest BCUT2D eigenvalue weighted by molar-refractivity contribution is 5.94. The summed E-state index contributed by atoms with van der Waals surface area (Å²) in [7, 11) is 0. The third-order valence-corrected chi connectivity index (χ3v) is 5.47. The number of carbonyl (C=O) groups is 2. The molecule has 7 nitrogen and oxygen atoms in total. The molecule has 1 fully saturated rings. The summed E-state index contributed by atoms with van der Waals surface area (Å²) in [6.07, 6.45) is 0.540. The van der Waals surface area contributed by atoms with Gasteiger partial charge in [0.15, 0.2) is 0 Å². The maximum Gasteiger partial charge on any atom is 0.407 e. The number of hydrogen-bond acceptors (Lipinski definition) is 4. The maximum absolute atomic E-state index is 13.0. The summed E-state index contributed by atoms with van der Waals surface area (Å²) in [6.45, 7) is 6.98. The summed E-state index contributed by atoms with van der Waals surface area (Å²) in [5.41, 5.74) is 3.20. The topological polar surface area (TPSA) is 91.2 Å². The summed E-state index contributed by atoms with van der Waals surface area (Å²) in [6, 6.07) is 12.6. The Kier molecular flexibility index (Phi) is 6.40. The number of amides is 2. The van der Waals surface area contributed by atoms with Crippen molar-refractivity contribution in [2.24, 2.45) is 10.5 Å². The van der Waals surface area contributed by atoms with Gasteiger partial charge in [-0.2, -0.15) is 5.10 Å². The molecule has 0 aliphatic carbocycles. The molecule has 31 heavy (non-hydrogen) atoms. The van der Waals surface area contributed by atoms with Crippen LogP contribution in [-0.2, 0) is 10.3 Å². The predicted molar refractivity (Wildman–Crippen MR) is 115 cm³/mol. The Morgan fingerprint density at radius 3 is 2.39 bits per heavy atom. The minimum absolute atomic E-state index is 0.243. The average molecular weight is 427 g/mol. The molecular formula is C23H26FN3O4. The lowest BCUT2D eigenvalue weighted by molar-refractivity contribution is -0.166. The van der Waals surface area contributed by atoms with E-state index < -0.39 is 23.4 Å². The number of carboxylic acid groups (broad SMARTS) is 1. The molecule has 0 unspecified atom stereocenters. The highest BCUT2D eigenvalue weighted by atomic mass is 19.1. The fourth-order valence-corrected chi connectivity index (χ4v) is 3.62. The Morgan fingerprint density at radius 2 is 1.81 bits per heavy atom. The molecule has 0 bridgehead atoms. The summed E-state index contributed by atoms with van der Waals surface area (Å²) in [5.74, 6) is -0.856. The molecule has 0 spiro atoms. The number of nitrogens with zero attached hydrogens (tertiary/aromatic N) is 2. The van der Waals surface area contributed by atoms with Crippen LogP contribution in [0.15, 0.2) is 53.6 Å². The molecule has 8 heteroatoms. The van der Waals surface area contributed by atoms with E-state index in [9.17, 15) is 19.1 Å².